The quantitative estimate of drug-likeness (QED) is 0.598. The largest absolute Gasteiger partial charge is 0.497 e. The molecule has 1 atom stereocenters. The summed E-state index contributed by atoms with van der Waals surface area (Å²) in [6.07, 6.45) is 6.29. The first-order valence-corrected chi connectivity index (χ1v) is 7.89. The van der Waals surface area contributed by atoms with Gasteiger partial charge in [-0.25, -0.2) is 0 Å². The third-order valence-corrected chi connectivity index (χ3v) is 4.49. The van der Waals surface area contributed by atoms with E-state index in [1.165, 1.54) is 31.2 Å². The monoisotopic (exact) mass is 312 g/mol. The Kier molecular flexibility index (Phi) is 7.41. The Morgan fingerprint density at radius 1 is 1.06 bits per heavy atom. The van der Waals surface area contributed by atoms with Gasteiger partial charge in [0.05, 0.1) is 7.11 Å². The topological polar surface area (TPSA) is 9.23 Å². The summed E-state index contributed by atoms with van der Waals surface area (Å²) in [6.45, 7) is 4.55. The van der Waals surface area contributed by atoms with Gasteiger partial charge >= 0.3 is 0 Å². The molecule has 0 aliphatic carbocycles. The van der Waals surface area contributed by atoms with Crippen LogP contribution in [0.1, 0.15) is 45.1 Å². The zero-order valence-electron chi connectivity index (χ0n) is 11.8. The average molecular weight is 313 g/mol. The molecule has 0 aliphatic rings. The molecule has 102 valence electrons. The summed E-state index contributed by atoms with van der Waals surface area (Å²) in [5.41, 5.74) is 1.38. The summed E-state index contributed by atoms with van der Waals surface area (Å²) in [5.74, 6) is 1.73. The molecule has 1 unspecified atom stereocenters. The number of alkyl halides is 1. The third kappa shape index (κ3) is 5.01. The van der Waals surface area contributed by atoms with Crippen molar-refractivity contribution in [2.45, 2.75) is 50.8 Å². The van der Waals surface area contributed by atoms with E-state index >= 15 is 0 Å². The minimum atomic E-state index is 0.589. The standard InChI is InChI=1S/C16H25BrO/c1-4-6-14(7-5-2)16(17)12-13-8-10-15(18-3)11-9-13/h8-11,14,16H,4-7,12H2,1-3H3. The van der Waals surface area contributed by atoms with E-state index < -0.39 is 0 Å². The molecule has 0 bridgehead atoms. The fraction of sp³-hybridized carbons (Fsp3) is 0.625. The summed E-state index contributed by atoms with van der Waals surface area (Å²) >= 11 is 3.89. The van der Waals surface area contributed by atoms with E-state index in [0.717, 1.165) is 18.1 Å². The molecule has 0 aliphatic heterocycles. The summed E-state index contributed by atoms with van der Waals surface area (Å²) in [6, 6.07) is 8.43. The third-order valence-electron chi connectivity index (χ3n) is 3.42. The Morgan fingerprint density at radius 3 is 2.06 bits per heavy atom. The van der Waals surface area contributed by atoms with Gasteiger partial charge < -0.3 is 4.74 Å². The molecule has 0 aromatic heterocycles. The lowest BCUT2D eigenvalue weighted by atomic mass is 9.91. The minimum absolute atomic E-state index is 0.589. The molecule has 1 nitrogen and oxygen atoms in total. The lowest BCUT2D eigenvalue weighted by Crippen LogP contribution is -2.17. The van der Waals surface area contributed by atoms with E-state index in [1.807, 2.05) is 12.1 Å². The van der Waals surface area contributed by atoms with Crippen molar-refractivity contribution in [1.82, 2.24) is 0 Å². The predicted molar refractivity (Wildman–Crippen MR) is 82.7 cm³/mol. The molecular weight excluding hydrogens is 288 g/mol. The molecule has 1 aromatic carbocycles. The number of benzene rings is 1. The number of ether oxygens (including phenoxy) is 1. The van der Waals surface area contributed by atoms with Crippen molar-refractivity contribution in [3.63, 3.8) is 0 Å². The smallest absolute Gasteiger partial charge is 0.118 e. The second-order valence-corrected chi connectivity index (χ2v) is 6.08. The maximum atomic E-state index is 5.19. The lowest BCUT2D eigenvalue weighted by Gasteiger charge is -2.22. The van der Waals surface area contributed by atoms with E-state index in [4.69, 9.17) is 4.74 Å². The van der Waals surface area contributed by atoms with E-state index in [-0.39, 0.29) is 0 Å². The fourth-order valence-corrected chi connectivity index (χ4v) is 3.30. The van der Waals surface area contributed by atoms with Crippen molar-refractivity contribution in [3.05, 3.63) is 29.8 Å². The molecule has 0 N–H and O–H groups in total. The highest BCUT2D eigenvalue weighted by Gasteiger charge is 2.17. The van der Waals surface area contributed by atoms with Gasteiger partial charge in [-0.2, -0.15) is 0 Å². The van der Waals surface area contributed by atoms with Crippen molar-refractivity contribution >= 4 is 15.9 Å². The van der Waals surface area contributed by atoms with Crippen LogP contribution in [-0.4, -0.2) is 11.9 Å². The zero-order valence-corrected chi connectivity index (χ0v) is 13.4. The van der Waals surface area contributed by atoms with Gasteiger partial charge in [-0.15, -0.1) is 0 Å². The summed E-state index contributed by atoms with van der Waals surface area (Å²) in [4.78, 5) is 0.589. The minimum Gasteiger partial charge on any atom is -0.497 e. The summed E-state index contributed by atoms with van der Waals surface area (Å²) in [7, 11) is 1.71. The number of halogens is 1. The molecule has 18 heavy (non-hydrogen) atoms. The number of methoxy groups -OCH3 is 1. The number of hydrogen-bond acceptors (Lipinski definition) is 1. The second-order valence-electron chi connectivity index (χ2n) is 4.91. The molecule has 1 aromatic rings. The van der Waals surface area contributed by atoms with Crippen LogP contribution in [0.4, 0.5) is 0 Å². The Morgan fingerprint density at radius 2 is 1.61 bits per heavy atom. The molecule has 0 spiro atoms. The average Bonchev–Trinajstić information content (AvgIpc) is 2.39. The SMILES string of the molecule is CCCC(CCC)C(Br)Cc1ccc(OC)cc1. The normalized spacial score (nSPS) is 12.7. The number of rotatable bonds is 8. The van der Waals surface area contributed by atoms with E-state index in [9.17, 15) is 0 Å². The molecule has 2 heteroatoms. The molecule has 0 amide bonds. The van der Waals surface area contributed by atoms with Crippen LogP contribution in [0.25, 0.3) is 0 Å². The first kappa shape index (κ1) is 15.6. The van der Waals surface area contributed by atoms with Crippen molar-refractivity contribution in [2.24, 2.45) is 5.92 Å². The molecule has 0 heterocycles. The Balaban J connectivity index is 2.57. The van der Waals surface area contributed by atoms with Crippen LogP contribution in [0.2, 0.25) is 0 Å². The van der Waals surface area contributed by atoms with Crippen LogP contribution < -0.4 is 4.74 Å². The van der Waals surface area contributed by atoms with Gasteiger partial charge in [0.2, 0.25) is 0 Å². The van der Waals surface area contributed by atoms with Gasteiger partial charge in [0, 0.05) is 4.83 Å². The van der Waals surface area contributed by atoms with Crippen molar-refractivity contribution in [3.8, 4) is 5.75 Å². The van der Waals surface area contributed by atoms with Crippen molar-refractivity contribution in [2.75, 3.05) is 7.11 Å². The van der Waals surface area contributed by atoms with Crippen LogP contribution in [0, 0.1) is 5.92 Å². The van der Waals surface area contributed by atoms with Gasteiger partial charge in [-0.3, -0.25) is 0 Å². The predicted octanol–water partition coefficient (Wildman–Crippen LogP) is 5.22. The molecule has 1 rings (SSSR count). The van der Waals surface area contributed by atoms with Crippen molar-refractivity contribution < 1.29 is 4.74 Å². The first-order chi connectivity index (χ1) is 8.71. The maximum absolute atomic E-state index is 5.19. The molecule has 0 radical (unpaired) electrons. The van der Waals surface area contributed by atoms with Gasteiger partial charge in [-0.05, 0) is 42.9 Å². The van der Waals surface area contributed by atoms with Crippen LogP contribution in [0.5, 0.6) is 5.75 Å². The highest BCUT2D eigenvalue weighted by Crippen LogP contribution is 2.27. The second kappa shape index (κ2) is 8.58. The van der Waals surface area contributed by atoms with Crippen LogP contribution >= 0.6 is 15.9 Å². The Labute approximate surface area is 120 Å². The highest BCUT2D eigenvalue weighted by molar-refractivity contribution is 9.09. The Bertz CT molecular complexity index is 314. The van der Waals surface area contributed by atoms with Crippen LogP contribution in [-0.2, 0) is 6.42 Å². The van der Waals surface area contributed by atoms with Gasteiger partial charge in [0.15, 0.2) is 0 Å². The van der Waals surface area contributed by atoms with Gasteiger partial charge in [0.1, 0.15) is 5.75 Å². The van der Waals surface area contributed by atoms with E-state index in [0.29, 0.717) is 4.83 Å². The molecule has 0 saturated carbocycles. The molecular formula is C16H25BrO. The highest BCUT2D eigenvalue weighted by atomic mass is 79.9. The van der Waals surface area contributed by atoms with Crippen LogP contribution in [0.15, 0.2) is 24.3 Å². The lowest BCUT2D eigenvalue weighted by molar-refractivity contribution is 0.414. The van der Waals surface area contributed by atoms with Gasteiger partial charge in [-0.1, -0.05) is 54.8 Å². The summed E-state index contributed by atoms with van der Waals surface area (Å²) < 4.78 is 5.19. The van der Waals surface area contributed by atoms with Crippen molar-refractivity contribution in [1.29, 1.82) is 0 Å². The number of hydrogen-bond donors (Lipinski definition) is 0. The van der Waals surface area contributed by atoms with E-state index in [1.54, 1.807) is 7.11 Å². The fourth-order valence-electron chi connectivity index (χ4n) is 2.40. The molecule has 0 saturated heterocycles. The maximum Gasteiger partial charge on any atom is 0.118 e. The first-order valence-electron chi connectivity index (χ1n) is 6.98. The van der Waals surface area contributed by atoms with Crippen LogP contribution in [0.3, 0.4) is 0 Å². The zero-order chi connectivity index (χ0) is 13.4. The molecule has 0 fully saturated rings. The Hall–Kier alpha value is -0.500. The van der Waals surface area contributed by atoms with Gasteiger partial charge in [0.25, 0.3) is 0 Å². The summed E-state index contributed by atoms with van der Waals surface area (Å²) in [5, 5.41) is 0. The van der Waals surface area contributed by atoms with E-state index in [2.05, 4.69) is 41.9 Å².